The highest BCUT2D eigenvalue weighted by Gasteiger charge is 2.14. The van der Waals surface area contributed by atoms with Crippen LogP contribution in [0, 0.1) is 10.1 Å². The molecule has 0 fully saturated rings. The zero-order valence-corrected chi connectivity index (χ0v) is 9.96. The van der Waals surface area contributed by atoms with E-state index in [1.165, 1.54) is 6.07 Å². The summed E-state index contributed by atoms with van der Waals surface area (Å²) in [4.78, 5) is 14.6. The Bertz CT molecular complexity index is 585. The van der Waals surface area contributed by atoms with Crippen molar-refractivity contribution in [3.63, 3.8) is 0 Å². The molecule has 0 aliphatic rings. The molecule has 1 aromatic carbocycles. The van der Waals surface area contributed by atoms with Crippen LogP contribution in [0.25, 0.3) is 10.8 Å². The zero-order valence-electron chi connectivity index (χ0n) is 9.96. The van der Waals surface area contributed by atoms with Crippen molar-refractivity contribution < 1.29 is 4.92 Å². The Labute approximate surface area is 104 Å². The van der Waals surface area contributed by atoms with Crippen molar-refractivity contribution in [3.05, 3.63) is 40.7 Å². The van der Waals surface area contributed by atoms with Gasteiger partial charge in [-0.3, -0.25) is 15.1 Å². The van der Waals surface area contributed by atoms with Gasteiger partial charge in [-0.2, -0.15) is 0 Å². The summed E-state index contributed by atoms with van der Waals surface area (Å²) in [6, 6.07) is 4.92. The number of nitrogens with one attached hydrogen (secondary N) is 1. The second-order valence-corrected chi connectivity index (χ2v) is 4.09. The van der Waals surface area contributed by atoms with Gasteiger partial charge in [-0.15, -0.1) is 0 Å². The lowest BCUT2D eigenvalue weighted by Crippen LogP contribution is -2.25. The quantitative estimate of drug-likeness (QED) is 0.634. The monoisotopic (exact) mass is 246 g/mol. The van der Waals surface area contributed by atoms with Crippen LogP contribution in [0.15, 0.2) is 30.6 Å². The third kappa shape index (κ3) is 2.23. The lowest BCUT2D eigenvalue weighted by Gasteiger charge is -2.14. The molecule has 0 aliphatic carbocycles. The first kappa shape index (κ1) is 12.3. The third-order valence-corrected chi connectivity index (χ3v) is 2.75. The van der Waals surface area contributed by atoms with Gasteiger partial charge >= 0.3 is 0 Å². The number of aromatic nitrogens is 1. The van der Waals surface area contributed by atoms with Gasteiger partial charge in [0.15, 0.2) is 0 Å². The first-order valence-electron chi connectivity index (χ1n) is 5.61. The minimum atomic E-state index is -0.390. The van der Waals surface area contributed by atoms with Crippen molar-refractivity contribution in [2.75, 3.05) is 11.9 Å². The van der Waals surface area contributed by atoms with E-state index in [9.17, 15) is 10.1 Å². The van der Waals surface area contributed by atoms with Crippen molar-refractivity contribution in [3.8, 4) is 0 Å². The second-order valence-electron chi connectivity index (χ2n) is 4.09. The number of anilines is 1. The molecular formula is C12H14N4O2. The molecule has 0 radical (unpaired) electrons. The van der Waals surface area contributed by atoms with Crippen LogP contribution in [0.3, 0.4) is 0 Å². The van der Waals surface area contributed by atoms with Gasteiger partial charge < -0.3 is 11.1 Å². The van der Waals surface area contributed by atoms with Gasteiger partial charge in [0.2, 0.25) is 0 Å². The van der Waals surface area contributed by atoms with Crippen LogP contribution in [0.5, 0.6) is 0 Å². The van der Waals surface area contributed by atoms with Gasteiger partial charge in [0.1, 0.15) is 0 Å². The predicted octanol–water partition coefficient (Wildman–Crippen LogP) is 1.90. The maximum Gasteiger partial charge on any atom is 0.277 e. The first-order chi connectivity index (χ1) is 8.63. The number of hydrogen-bond donors (Lipinski definition) is 2. The smallest absolute Gasteiger partial charge is 0.277 e. The van der Waals surface area contributed by atoms with Crippen molar-refractivity contribution >= 4 is 22.1 Å². The molecule has 0 spiro atoms. The number of nitro groups is 1. The largest absolute Gasteiger partial charge is 0.381 e. The summed E-state index contributed by atoms with van der Waals surface area (Å²) < 4.78 is 0. The highest BCUT2D eigenvalue weighted by Crippen LogP contribution is 2.30. The Balaban J connectivity index is 2.57. The van der Waals surface area contributed by atoms with E-state index in [-0.39, 0.29) is 11.7 Å². The molecule has 0 saturated heterocycles. The van der Waals surface area contributed by atoms with Crippen molar-refractivity contribution in [1.82, 2.24) is 4.98 Å². The summed E-state index contributed by atoms with van der Waals surface area (Å²) in [5.41, 5.74) is 6.44. The molecule has 1 aromatic heterocycles. The summed E-state index contributed by atoms with van der Waals surface area (Å²) in [5, 5.41) is 15.5. The first-order valence-corrected chi connectivity index (χ1v) is 5.61. The molecule has 0 saturated carbocycles. The normalized spacial score (nSPS) is 12.3. The number of fused-ring (bicyclic) bond motifs is 1. The molecular weight excluding hydrogens is 232 g/mol. The molecule has 1 unspecified atom stereocenters. The number of nitro benzene ring substituents is 1. The molecule has 2 rings (SSSR count). The number of nitrogens with zero attached hydrogens (tertiary/aromatic N) is 2. The average molecular weight is 246 g/mol. The number of non-ortho nitro benzene ring substituents is 1. The van der Waals surface area contributed by atoms with Crippen molar-refractivity contribution in [2.45, 2.75) is 13.0 Å². The van der Waals surface area contributed by atoms with Gasteiger partial charge in [-0.1, -0.05) is 0 Å². The van der Waals surface area contributed by atoms with E-state index in [0.29, 0.717) is 11.9 Å². The van der Waals surface area contributed by atoms with E-state index in [2.05, 4.69) is 10.3 Å². The van der Waals surface area contributed by atoms with E-state index in [1.807, 2.05) is 6.92 Å². The molecule has 94 valence electrons. The average Bonchev–Trinajstić information content (AvgIpc) is 2.38. The van der Waals surface area contributed by atoms with Crippen molar-refractivity contribution in [1.29, 1.82) is 0 Å². The molecule has 18 heavy (non-hydrogen) atoms. The lowest BCUT2D eigenvalue weighted by atomic mass is 10.1. The minimum Gasteiger partial charge on any atom is -0.381 e. The molecule has 0 aliphatic heterocycles. The second kappa shape index (κ2) is 4.97. The van der Waals surface area contributed by atoms with E-state index in [1.54, 1.807) is 24.5 Å². The van der Waals surface area contributed by atoms with Gasteiger partial charge in [-0.05, 0) is 19.1 Å². The van der Waals surface area contributed by atoms with Crippen LogP contribution in [0.4, 0.5) is 11.4 Å². The zero-order chi connectivity index (χ0) is 13.1. The molecule has 6 heteroatoms. The lowest BCUT2D eigenvalue weighted by molar-refractivity contribution is -0.383. The maximum absolute atomic E-state index is 10.9. The summed E-state index contributed by atoms with van der Waals surface area (Å²) in [7, 11) is 0. The van der Waals surface area contributed by atoms with Crippen molar-refractivity contribution in [2.24, 2.45) is 5.73 Å². The summed E-state index contributed by atoms with van der Waals surface area (Å²) in [6.45, 7) is 2.43. The Morgan fingerprint density at radius 3 is 2.89 bits per heavy atom. The summed E-state index contributed by atoms with van der Waals surface area (Å²) in [6.07, 6.45) is 3.17. The Kier molecular flexibility index (Phi) is 3.38. The van der Waals surface area contributed by atoms with Crippen LogP contribution in [0.2, 0.25) is 0 Å². The highest BCUT2D eigenvalue weighted by molar-refractivity contribution is 5.99. The summed E-state index contributed by atoms with van der Waals surface area (Å²) >= 11 is 0. The van der Waals surface area contributed by atoms with Gasteiger partial charge in [-0.25, -0.2) is 0 Å². The fraction of sp³-hybridized carbons (Fsp3) is 0.250. The number of pyridine rings is 1. The Hall–Kier alpha value is -2.21. The summed E-state index contributed by atoms with van der Waals surface area (Å²) in [5.74, 6) is 0. The molecule has 2 aromatic rings. The van der Waals surface area contributed by atoms with E-state index < -0.39 is 4.92 Å². The SMILES string of the molecule is CC(CN)Nc1ccc([N+](=O)[O-])c2ccncc12. The standard InChI is InChI=1S/C12H14N4O2/c1-8(6-13)15-11-2-3-12(16(17)18)9-4-5-14-7-10(9)11/h2-5,7-8,15H,6,13H2,1H3. The van der Waals surface area contributed by atoms with Crippen LogP contribution in [0.1, 0.15) is 6.92 Å². The predicted molar refractivity (Wildman–Crippen MR) is 70.5 cm³/mol. The van der Waals surface area contributed by atoms with E-state index >= 15 is 0 Å². The number of nitrogens with two attached hydrogens (primary N) is 1. The van der Waals surface area contributed by atoms with Crippen LogP contribution in [-0.4, -0.2) is 22.5 Å². The van der Waals surface area contributed by atoms with E-state index in [0.717, 1.165) is 11.1 Å². The van der Waals surface area contributed by atoms with E-state index in [4.69, 9.17) is 5.73 Å². The molecule has 1 atom stereocenters. The maximum atomic E-state index is 10.9. The highest BCUT2D eigenvalue weighted by atomic mass is 16.6. The van der Waals surface area contributed by atoms with Crippen LogP contribution in [-0.2, 0) is 0 Å². The number of benzene rings is 1. The molecule has 1 heterocycles. The fourth-order valence-electron chi connectivity index (χ4n) is 1.78. The topological polar surface area (TPSA) is 94.1 Å². The molecule has 3 N–H and O–H groups in total. The number of hydrogen-bond acceptors (Lipinski definition) is 5. The minimum absolute atomic E-state index is 0.0818. The Morgan fingerprint density at radius 2 is 2.22 bits per heavy atom. The van der Waals surface area contributed by atoms with Gasteiger partial charge in [0, 0.05) is 42.1 Å². The van der Waals surface area contributed by atoms with Gasteiger partial charge in [0.25, 0.3) is 5.69 Å². The molecule has 0 bridgehead atoms. The van der Waals surface area contributed by atoms with Gasteiger partial charge in [0.05, 0.1) is 10.3 Å². The fourth-order valence-corrected chi connectivity index (χ4v) is 1.78. The third-order valence-electron chi connectivity index (χ3n) is 2.75. The Morgan fingerprint density at radius 1 is 1.44 bits per heavy atom. The van der Waals surface area contributed by atoms with Crippen LogP contribution >= 0.6 is 0 Å². The number of rotatable bonds is 4. The molecule has 6 nitrogen and oxygen atoms in total. The van der Waals surface area contributed by atoms with Crippen LogP contribution < -0.4 is 11.1 Å². The molecule has 0 amide bonds.